The molecule has 7 unspecified atom stereocenters. The molecule has 1 aliphatic rings. The van der Waals surface area contributed by atoms with Gasteiger partial charge < -0.3 is 40.3 Å². The number of hydrogen-bond donors (Lipinski definition) is 6. The van der Waals surface area contributed by atoms with E-state index >= 15 is 0 Å². The molecule has 9 nitrogen and oxygen atoms in total. The van der Waals surface area contributed by atoms with Crippen LogP contribution < -0.4 is 5.32 Å². The van der Waals surface area contributed by atoms with Crippen molar-refractivity contribution in [2.45, 2.75) is 365 Å². The number of carbonyl (C=O) groups excluding carboxylic acids is 1. The number of carbonyl (C=O) groups is 1. The third kappa shape index (κ3) is 43.4. The Bertz CT molecular complexity index is 1200. The minimum absolute atomic E-state index is 0.173. The monoisotopic (exact) mass is 1030 g/mol. The lowest BCUT2D eigenvalue weighted by Gasteiger charge is -2.40. The molecule has 0 aromatic carbocycles. The van der Waals surface area contributed by atoms with Gasteiger partial charge in [0.1, 0.15) is 24.4 Å². The lowest BCUT2D eigenvalue weighted by Crippen LogP contribution is -2.60. The van der Waals surface area contributed by atoms with Crippen LogP contribution in [0, 0.1) is 0 Å². The van der Waals surface area contributed by atoms with Gasteiger partial charge in [0.2, 0.25) is 5.91 Å². The molecule has 0 radical (unpaired) electrons. The molecule has 1 amide bonds. The lowest BCUT2D eigenvalue weighted by molar-refractivity contribution is -0.302. The van der Waals surface area contributed by atoms with Crippen molar-refractivity contribution in [3.8, 4) is 0 Å². The van der Waals surface area contributed by atoms with Crippen molar-refractivity contribution in [2.75, 3.05) is 13.2 Å². The summed E-state index contributed by atoms with van der Waals surface area (Å²) >= 11 is 0. The fourth-order valence-electron chi connectivity index (χ4n) is 10.4. The number of aliphatic hydroxyl groups excluding tert-OH is 5. The van der Waals surface area contributed by atoms with Crippen molar-refractivity contribution in [1.82, 2.24) is 5.32 Å². The molecule has 1 heterocycles. The summed E-state index contributed by atoms with van der Waals surface area (Å²) in [5.41, 5.74) is 0. The first kappa shape index (κ1) is 69.7. The number of hydrogen-bond acceptors (Lipinski definition) is 8. The van der Waals surface area contributed by atoms with Crippen molar-refractivity contribution in [2.24, 2.45) is 0 Å². The maximum Gasteiger partial charge on any atom is 0.220 e. The van der Waals surface area contributed by atoms with Gasteiger partial charge in [-0.25, -0.2) is 0 Å². The summed E-state index contributed by atoms with van der Waals surface area (Å²) in [6.45, 7) is 3.83. The van der Waals surface area contributed by atoms with E-state index in [1.165, 1.54) is 263 Å². The Labute approximate surface area is 451 Å². The minimum atomic E-state index is -1.57. The normalized spacial score (nSPS) is 19.1. The van der Waals surface area contributed by atoms with Crippen molar-refractivity contribution in [3.63, 3.8) is 0 Å². The predicted octanol–water partition coefficient (Wildman–Crippen LogP) is 16.5. The quantitative estimate of drug-likeness (QED) is 0.0261. The Balaban J connectivity index is 2.18. The van der Waals surface area contributed by atoms with Crippen LogP contribution in [0.4, 0.5) is 0 Å². The highest BCUT2D eigenvalue weighted by atomic mass is 16.7. The molecule has 9 heteroatoms. The summed E-state index contributed by atoms with van der Waals surface area (Å²) in [6.07, 6.45) is 62.6. The van der Waals surface area contributed by atoms with Crippen molar-refractivity contribution in [3.05, 3.63) is 24.3 Å². The fourth-order valence-corrected chi connectivity index (χ4v) is 10.4. The number of allylic oxidation sites excluding steroid dienone is 3. The van der Waals surface area contributed by atoms with Gasteiger partial charge in [-0.05, 0) is 44.9 Å². The predicted molar refractivity (Wildman–Crippen MR) is 309 cm³/mol. The minimum Gasteiger partial charge on any atom is -0.394 e. The molecule has 0 aromatic heterocycles. The van der Waals surface area contributed by atoms with Crippen molar-refractivity contribution < 1.29 is 39.8 Å². The number of amides is 1. The highest BCUT2D eigenvalue weighted by Crippen LogP contribution is 2.23. The van der Waals surface area contributed by atoms with E-state index in [4.69, 9.17) is 9.47 Å². The summed E-state index contributed by atoms with van der Waals surface area (Å²) in [6, 6.07) is -0.805. The molecule has 0 bridgehead atoms. The Morgan fingerprint density at radius 2 is 0.767 bits per heavy atom. The van der Waals surface area contributed by atoms with Crippen LogP contribution in [-0.2, 0) is 14.3 Å². The number of ether oxygens (including phenoxy) is 2. The molecular weight excluding hydrogens is 911 g/mol. The van der Waals surface area contributed by atoms with Crippen LogP contribution in [0.3, 0.4) is 0 Å². The number of rotatable bonds is 56. The Morgan fingerprint density at radius 3 is 1.11 bits per heavy atom. The first-order chi connectivity index (χ1) is 35.8. The smallest absolute Gasteiger partial charge is 0.220 e. The van der Waals surface area contributed by atoms with Crippen molar-refractivity contribution >= 4 is 5.91 Å². The first-order valence-electron chi connectivity index (χ1n) is 32.1. The van der Waals surface area contributed by atoms with E-state index in [1.807, 2.05) is 6.08 Å². The molecule has 1 aliphatic heterocycles. The van der Waals surface area contributed by atoms with Gasteiger partial charge in [-0.1, -0.05) is 295 Å². The van der Waals surface area contributed by atoms with E-state index in [0.29, 0.717) is 6.42 Å². The molecule has 1 rings (SSSR count). The van der Waals surface area contributed by atoms with E-state index in [2.05, 4.69) is 31.3 Å². The van der Waals surface area contributed by atoms with Gasteiger partial charge in [-0.3, -0.25) is 4.79 Å². The van der Waals surface area contributed by atoms with Crippen LogP contribution in [0.1, 0.15) is 322 Å². The van der Waals surface area contributed by atoms with Crippen molar-refractivity contribution in [1.29, 1.82) is 0 Å². The van der Waals surface area contributed by atoms with Gasteiger partial charge in [0.25, 0.3) is 0 Å². The highest BCUT2D eigenvalue weighted by molar-refractivity contribution is 5.76. The molecule has 432 valence electrons. The summed E-state index contributed by atoms with van der Waals surface area (Å²) in [4.78, 5) is 13.1. The van der Waals surface area contributed by atoms with Crippen LogP contribution in [0.5, 0.6) is 0 Å². The molecule has 73 heavy (non-hydrogen) atoms. The molecule has 0 aliphatic carbocycles. The maximum atomic E-state index is 13.1. The van der Waals surface area contributed by atoms with Gasteiger partial charge in [0.15, 0.2) is 6.29 Å². The van der Waals surface area contributed by atoms with Crippen LogP contribution in [0.25, 0.3) is 0 Å². The third-order valence-corrected chi connectivity index (χ3v) is 15.5. The number of unbranched alkanes of at least 4 members (excludes halogenated alkanes) is 44. The first-order valence-corrected chi connectivity index (χ1v) is 32.1. The average Bonchev–Trinajstić information content (AvgIpc) is 3.39. The lowest BCUT2D eigenvalue weighted by atomic mass is 9.99. The molecule has 1 fully saturated rings. The van der Waals surface area contributed by atoms with Crippen LogP contribution >= 0.6 is 0 Å². The van der Waals surface area contributed by atoms with Gasteiger partial charge in [-0.2, -0.15) is 0 Å². The van der Waals surface area contributed by atoms with E-state index in [9.17, 15) is 30.3 Å². The van der Waals surface area contributed by atoms with Gasteiger partial charge in [0.05, 0.1) is 25.4 Å². The summed E-state index contributed by atoms with van der Waals surface area (Å²) < 4.78 is 11.3. The second-order valence-corrected chi connectivity index (χ2v) is 22.6. The topological polar surface area (TPSA) is 149 Å². The Hall–Kier alpha value is -1.33. The Morgan fingerprint density at radius 1 is 0.452 bits per heavy atom. The van der Waals surface area contributed by atoms with E-state index in [1.54, 1.807) is 6.08 Å². The van der Waals surface area contributed by atoms with Gasteiger partial charge in [-0.15, -0.1) is 0 Å². The molecule has 1 saturated heterocycles. The summed E-state index contributed by atoms with van der Waals surface area (Å²) in [5.74, 6) is -0.173. The largest absolute Gasteiger partial charge is 0.394 e. The second kappa shape index (κ2) is 54.0. The zero-order chi connectivity index (χ0) is 52.9. The molecule has 0 aromatic rings. The molecule has 6 N–H and O–H groups in total. The zero-order valence-corrected chi connectivity index (χ0v) is 48.2. The molecule has 0 saturated carbocycles. The average molecular weight is 1030 g/mol. The molecular formula is C64H123NO8. The van der Waals surface area contributed by atoms with Crippen LogP contribution in [-0.4, -0.2) is 87.5 Å². The maximum absolute atomic E-state index is 13.1. The zero-order valence-electron chi connectivity index (χ0n) is 48.2. The fraction of sp³-hybridized carbons (Fsp3) is 0.922. The van der Waals surface area contributed by atoms with E-state index < -0.39 is 49.5 Å². The highest BCUT2D eigenvalue weighted by Gasteiger charge is 2.44. The second-order valence-electron chi connectivity index (χ2n) is 22.6. The van der Waals surface area contributed by atoms with Crippen LogP contribution in [0.15, 0.2) is 24.3 Å². The molecule has 0 spiro atoms. The molecule has 7 atom stereocenters. The third-order valence-electron chi connectivity index (χ3n) is 15.5. The van der Waals surface area contributed by atoms with Gasteiger partial charge >= 0.3 is 0 Å². The summed E-state index contributed by atoms with van der Waals surface area (Å²) in [5, 5.41) is 54.7. The number of aliphatic hydroxyl groups is 5. The van der Waals surface area contributed by atoms with E-state index in [-0.39, 0.29) is 12.5 Å². The number of nitrogens with one attached hydrogen (secondary N) is 1. The standard InChI is InChI=1S/C64H123NO8/c1-3-5-7-9-11-13-15-17-19-21-23-25-27-29-31-33-35-37-39-41-43-45-47-49-51-53-58(67)57(56-72-64-63(71)62(70)61(69)59(55-66)73-64)65-60(68)54-52-50-48-46-44-42-40-38-36-34-32-30-28-26-24-22-20-18-16-14-12-10-8-6-4-2/h30,32,51,53,57-59,61-64,66-67,69-71H,3-29,31,33-50,52,54-56H2,1-2H3,(H,65,68)/b32-30-,53-51+. The van der Waals surface area contributed by atoms with Crippen LogP contribution in [0.2, 0.25) is 0 Å². The SMILES string of the molecule is CCCCCCCCCCCCCC/C=C\CCCCCCCCCCCC(=O)NC(COC1OC(CO)C(O)C(O)C1O)C(O)/C=C/CCCCCCCCCCCCCCCCCCCCCCCCC. The Kier molecular flexibility index (Phi) is 51.6. The van der Waals surface area contributed by atoms with E-state index in [0.717, 1.165) is 38.5 Å². The summed E-state index contributed by atoms with van der Waals surface area (Å²) in [7, 11) is 0. The van der Waals surface area contributed by atoms with Gasteiger partial charge in [0, 0.05) is 6.42 Å².